The molecule has 2 unspecified atom stereocenters. The molecule has 5 nitrogen and oxygen atoms in total. The topological polar surface area (TPSA) is 65.7 Å². The number of fused-ring (bicyclic) bond motifs is 2. The molecule has 0 amide bonds. The van der Waals surface area contributed by atoms with E-state index in [9.17, 15) is 15.0 Å². The van der Waals surface area contributed by atoms with Gasteiger partial charge >= 0.3 is 0 Å². The van der Waals surface area contributed by atoms with Gasteiger partial charge in [0.15, 0.2) is 5.75 Å². The summed E-state index contributed by atoms with van der Waals surface area (Å²) in [5.41, 5.74) is 1.25. The van der Waals surface area contributed by atoms with Gasteiger partial charge in [0.05, 0.1) is 12.8 Å². The summed E-state index contributed by atoms with van der Waals surface area (Å²) >= 11 is 0. The molecule has 0 aromatic carbocycles. The molecule has 23 heavy (non-hydrogen) atoms. The van der Waals surface area contributed by atoms with Gasteiger partial charge in [-0.3, -0.25) is 9.69 Å². The third-order valence-electron chi connectivity index (χ3n) is 5.43. The second kappa shape index (κ2) is 5.64. The number of aromatic hydroxyl groups is 1. The van der Waals surface area contributed by atoms with Crippen LogP contribution in [0, 0.1) is 10.8 Å². The van der Waals surface area contributed by atoms with E-state index >= 15 is 0 Å². The smallest absolute Gasteiger partial charge is 0.223 e. The molecule has 2 fully saturated rings. The second-order valence-electron chi connectivity index (χ2n) is 8.55. The lowest BCUT2D eigenvalue weighted by Gasteiger charge is -2.40. The van der Waals surface area contributed by atoms with Gasteiger partial charge in [-0.2, -0.15) is 0 Å². The van der Waals surface area contributed by atoms with Crippen molar-refractivity contribution in [2.75, 3.05) is 13.2 Å². The molecule has 3 rings (SSSR count). The first kappa shape index (κ1) is 16.5. The summed E-state index contributed by atoms with van der Waals surface area (Å²) in [7, 11) is 0. The lowest BCUT2D eigenvalue weighted by molar-refractivity contribution is 0.126. The van der Waals surface area contributed by atoms with E-state index in [0.717, 1.165) is 12.2 Å². The number of hydrogen-bond donors (Lipinski definition) is 2. The average molecular weight is 320 g/mol. The minimum Gasteiger partial charge on any atom is -0.503 e. The van der Waals surface area contributed by atoms with E-state index in [1.165, 1.54) is 31.5 Å². The zero-order chi connectivity index (χ0) is 16.8. The van der Waals surface area contributed by atoms with E-state index < -0.39 is 0 Å². The van der Waals surface area contributed by atoms with Crippen molar-refractivity contribution in [2.24, 2.45) is 10.8 Å². The third-order valence-corrected chi connectivity index (χ3v) is 5.43. The molecular weight excluding hydrogens is 292 g/mol. The maximum absolute atomic E-state index is 11.8. The summed E-state index contributed by atoms with van der Waals surface area (Å²) in [6.07, 6.45) is 5.09. The van der Waals surface area contributed by atoms with Gasteiger partial charge < -0.3 is 14.8 Å². The summed E-state index contributed by atoms with van der Waals surface area (Å²) < 4.78 is 1.80. The van der Waals surface area contributed by atoms with Crippen molar-refractivity contribution in [3.8, 4) is 5.75 Å². The standard InChI is InChI=1S/C18H28N2O3/c1-17(2)7-14-8-18(3,11-17)12-20(14)9-13-6-15(22)16(23)10-19(13)4-5-21/h6,10,14,21,23H,4-5,7-9,11-12H2,1-3H3. The summed E-state index contributed by atoms with van der Waals surface area (Å²) in [5.74, 6) is -0.254. The van der Waals surface area contributed by atoms with E-state index in [0.29, 0.717) is 30.0 Å². The molecular formula is C18H28N2O3. The Hall–Kier alpha value is -1.33. The summed E-state index contributed by atoms with van der Waals surface area (Å²) in [6, 6.07) is 2.07. The molecule has 2 N–H and O–H groups in total. The zero-order valence-corrected chi connectivity index (χ0v) is 14.4. The van der Waals surface area contributed by atoms with Gasteiger partial charge in [-0.15, -0.1) is 0 Å². The molecule has 5 heteroatoms. The van der Waals surface area contributed by atoms with Crippen LogP contribution in [0.5, 0.6) is 5.75 Å². The van der Waals surface area contributed by atoms with Gasteiger partial charge in [-0.1, -0.05) is 20.8 Å². The maximum Gasteiger partial charge on any atom is 0.223 e. The highest BCUT2D eigenvalue weighted by atomic mass is 16.3. The Balaban J connectivity index is 1.86. The van der Waals surface area contributed by atoms with Crippen LogP contribution in [0.3, 0.4) is 0 Å². The molecule has 2 aliphatic rings. The number of rotatable bonds is 4. The highest BCUT2D eigenvalue weighted by Crippen LogP contribution is 2.52. The molecule has 2 bridgehead atoms. The third kappa shape index (κ3) is 3.31. The van der Waals surface area contributed by atoms with E-state index in [1.54, 1.807) is 4.57 Å². The van der Waals surface area contributed by atoms with E-state index in [1.807, 2.05) is 0 Å². The van der Waals surface area contributed by atoms with Gasteiger partial charge in [0.25, 0.3) is 0 Å². The van der Waals surface area contributed by atoms with Crippen LogP contribution in [0.25, 0.3) is 0 Å². The highest BCUT2D eigenvalue weighted by molar-refractivity contribution is 5.21. The number of likely N-dealkylation sites (tertiary alicyclic amines) is 1. The van der Waals surface area contributed by atoms with Crippen LogP contribution < -0.4 is 5.43 Å². The largest absolute Gasteiger partial charge is 0.503 e. The van der Waals surface area contributed by atoms with Crippen LogP contribution >= 0.6 is 0 Å². The number of pyridine rings is 1. The molecule has 1 aromatic rings. The number of aromatic nitrogens is 1. The second-order valence-corrected chi connectivity index (χ2v) is 8.55. The van der Waals surface area contributed by atoms with Crippen LogP contribution in [0.1, 0.15) is 45.7 Å². The molecule has 0 spiro atoms. The molecule has 1 aliphatic heterocycles. The van der Waals surface area contributed by atoms with Crippen LogP contribution in [0.4, 0.5) is 0 Å². The van der Waals surface area contributed by atoms with E-state index in [4.69, 9.17) is 0 Å². The molecule has 128 valence electrons. The van der Waals surface area contributed by atoms with Crippen molar-refractivity contribution in [3.63, 3.8) is 0 Å². The SMILES string of the molecule is CC1(C)CC2CC(C)(CN2Cc2cc(=O)c(O)cn2CCO)C1. The Morgan fingerprint density at radius 3 is 2.74 bits per heavy atom. The molecule has 1 saturated heterocycles. The first-order chi connectivity index (χ1) is 10.7. The Morgan fingerprint density at radius 2 is 2.04 bits per heavy atom. The fourth-order valence-electron chi connectivity index (χ4n) is 5.02. The van der Waals surface area contributed by atoms with Crippen molar-refractivity contribution < 1.29 is 10.2 Å². The fraction of sp³-hybridized carbons (Fsp3) is 0.722. The van der Waals surface area contributed by atoms with Crippen molar-refractivity contribution in [3.05, 3.63) is 28.2 Å². The average Bonchev–Trinajstić information content (AvgIpc) is 2.64. The summed E-state index contributed by atoms with van der Waals surface area (Å²) in [4.78, 5) is 14.3. The highest BCUT2D eigenvalue weighted by Gasteiger charge is 2.49. The van der Waals surface area contributed by atoms with E-state index in [-0.39, 0.29) is 17.8 Å². The summed E-state index contributed by atoms with van der Waals surface area (Å²) in [5, 5.41) is 18.9. The van der Waals surface area contributed by atoms with Crippen LogP contribution in [-0.2, 0) is 13.1 Å². The normalized spacial score (nSPS) is 29.8. The van der Waals surface area contributed by atoms with E-state index in [2.05, 4.69) is 25.7 Å². The number of hydrogen-bond acceptors (Lipinski definition) is 4. The molecule has 0 radical (unpaired) electrons. The van der Waals surface area contributed by atoms with Gasteiger partial charge in [0.2, 0.25) is 5.43 Å². The van der Waals surface area contributed by atoms with Gasteiger partial charge in [-0.25, -0.2) is 0 Å². The quantitative estimate of drug-likeness (QED) is 0.890. The Kier molecular flexibility index (Phi) is 4.05. The molecule has 2 atom stereocenters. The van der Waals surface area contributed by atoms with Crippen molar-refractivity contribution in [1.29, 1.82) is 0 Å². The van der Waals surface area contributed by atoms with Gasteiger partial charge in [-0.05, 0) is 30.1 Å². The molecule has 1 aromatic heterocycles. The fourth-order valence-corrected chi connectivity index (χ4v) is 5.02. The first-order valence-electron chi connectivity index (χ1n) is 8.49. The van der Waals surface area contributed by atoms with Crippen LogP contribution in [0.15, 0.2) is 17.1 Å². The Morgan fingerprint density at radius 1 is 1.30 bits per heavy atom. The molecule has 2 heterocycles. The summed E-state index contributed by atoms with van der Waals surface area (Å²) in [6.45, 7) is 9.21. The minimum absolute atomic E-state index is 0.0104. The van der Waals surface area contributed by atoms with Crippen LogP contribution in [-0.4, -0.2) is 38.9 Å². The Labute approximate surface area is 137 Å². The number of nitrogens with zero attached hydrogens (tertiary/aromatic N) is 2. The monoisotopic (exact) mass is 320 g/mol. The lowest BCUT2D eigenvalue weighted by Crippen LogP contribution is -2.35. The minimum atomic E-state index is -0.345. The first-order valence-corrected chi connectivity index (χ1v) is 8.49. The van der Waals surface area contributed by atoms with Crippen molar-refractivity contribution in [1.82, 2.24) is 9.47 Å². The van der Waals surface area contributed by atoms with Crippen LogP contribution in [0.2, 0.25) is 0 Å². The zero-order valence-electron chi connectivity index (χ0n) is 14.4. The maximum atomic E-state index is 11.8. The number of aliphatic hydroxyl groups excluding tert-OH is 1. The Bertz CT molecular complexity index is 652. The van der Waals surface area contributed by atoms with Gasteiger partial charge in [0.1, 0.15) is 0 Å². The predicted molar refractivity (Wildman–Crippen MR) is 89.4 cm³/mol. The lowest BCUT2D eigenvalue weighted by atomic mass is 9.65. The number of aliphatic hydroxyl groups is 1. The predicted octanol–water partition coefficient (Wildman–Crippen LogP) is 1.95. The van der Waals surface area contributed by atoms with Crippen molar-refractivity contribution in [2.45, 2.75) is 59.2 Å². The molecule has 1 saturated carbocycles. The molecule has 1 aliphatic carbocycles. The van der Waals surface area contributed by atoms with Gasteiger partial charge in [0, 0.05) is 37.4 Å². The van der Waals surface area contributed by atoms with Crippen molar-refractivity contribution >= 4 is 0 Å².